The Morgan fingerprint density at radius 2 is 2.09 bits per heavy atom. The molecule has 1 aliphatic carbocycles. The molecule has 0 spiro atoms. The number of fused-ring (bicyclic) bond motifs is 1. The number of hydrogen-bond donors (Lipinski definition) is 3. The lowest BCUT2D eigenvalue weighted by Gasteiger charge is -2.22. The van der Waals surface area contributed by atoms with Crippen LogP contribution in [0.15, 0.2) is 18.2 Å². The molecule has 1 saturated carbocycles. The summed E-state index contributed by atoms with van der Waals surface area (Å²) in [5.41, 5.74) is 3.03. The SMILES string of the molecule is Cc1[nH]c2ccc(F)cc2c1CCNC(=O)NC1CCCCC1. The van der Waals surface area contributed by atoms with Gasteiger partial charge in [0.15, 0.2) is 0 Å². The molecule has 3 N–H and O–H groups in total. The number of amides is 2. The van der Waals surface area contributed by atoms with Crippen molar-refractivity contribution in [3.05, 3.63) is 35.3 Å². The van der Waals surface area contributed by atoms with Crippen molar-refractivity contribution in [2.24, 2.45) is 0 Å². The fourth-order valence-electron chi connectivity index (χ4n) is 3.46. The predicted octanol–water partition coefficient (Wildman–Crippen LogP) is 3.79. The highest BCUT2D eigenvalue weighted by atomic mass is 19.1. The maximum atomic E-state index is 13.4. The third-order valence-electron chi connectivity index (χ3n) is 4.68. The monoisotopic (exact) mass is 317 g/mol. The summed E-state index contributed by atoms with van der Waals surface area (Å²) in [6, 6.07) is 4.98. The van der Waals surface area contributed by atoms with Gasteiger partial charge in [0, 0.05) is 29.2 Å². The average Bonchev–Trinajstić information content (AvgIpc) is 2.84. The van der Waals surface area contributed by atoms with Crippen molar-refractivity contribution in [3.63, 3.8) is 0 Å². The molecular formula is C18H24FN3O. The summed E-state index contributed by atoms with van der Waals surface area (Å²) in [5.74, 6) is -0.235. The van der Waals surface area contributed by atoms with Crippen LogP contribution in [0, 0.1) is 12.7 Å². The van der Waals surface area contributed by atoms with E-state index >= 15 is 0 Å². The number of halogens is 1. The number of aryl methyl sites for hydroxylation is 1. The third-order valence-corrected chi connectivity index (χ3v) is 4.68. The number of benzene rings is 1. The van der Waals surface area contributed by atoms with Crippen LogP contribution >= 0.6 is 0 Å². The lowest BCUT2D eigenvalue weighted by atomic mass is 9.96. The second-order valence-electron chi connectivity index (χ2n) is 6.40. The van der Waals surface area contributed by atoms with Gasteiger partial charge in [0.1, 0.15) is 5.82 Å². The third kappa shape index (κ3) is 3.84. The van der Waals surface area contributed by atoms with Gasteiger partial charge in [-0.3, -0.25) is 0 Å². The zero-order valence-corrected chi connectivity index (χ0v) is 13.5. The van der Waals surface area contributed by atoms with E-state index in [-0.39, 0.29) is 11.8 Å². The summed E-state index contributed by atoms with van der Waals surface area (Å²) in [5, 5.41) is 6.86. The van der Waals surface area contributed by atoms with Crippen LogP contribution in [-0.4, -0.2) is 23.6 Å². The largest absolute Gasteiger partial charge is 0.358 e. The number of hydrogen-bond acceptors (Lipinski definition) is 1. The van der Waals surface area contributed by atoms with Gasteiger partial charge < -0.3 is 15.6 Å². The molecule has 2 aromatic rings. The molecule has 0 saturated heterocycles. The molecular weight excluding hydrogens is 293 g/mol. The molecule has 1 aliphatic rings. The summed E-state index contributed by atoms with van der Waals surface area (Å²) in [6.07, 6.45) is 6.52. The molecule has 4 nitrogen and oxygen atoms in total. The highest BCUT2D eigenvalue weighted by molar-refractivity contribution is 5.84. The Balaban J connectivity index is 1.55. The molecule has 23 heavy (non-hydrogen) atoms. The van der Waals surface area contributed by atoms with Crippen molar-refractivity contribution >= 4 is 16.9 Å². The van der Waals surface area contributed by atoms with Crippen LogP contribution in [0.3, 0.4) is 0 Å². The average molecular weight is 317 g/mol. The lowest BCUT2D eigenvalue weighted by Crippen LogP contribution is -2.43. The van der Waals surface area contributed by atoms with Gasteiger partial charge in [0.05, 0.1) is 0 Å². The van der Waals surface area contributed by atoms with Crippen molar-refractivity contribution in [1.29, 1.82) is 0 Å². The molecule has 1 fully saturated rings. The number of urea groups is 1. The molecule has 3 rings (SSSR count). The van der Waals surface area contributed by atoms with E-state index in [2.05, 4.69) is 15.6 Å². The Labute approximate surface area is 135 Å². The number of rotatable bonds is 4. The van der Waals surface area contributed by atoms with Crippen LogP contribution in [0.1, 0.15) is 43.4 Å². The van der Waals surface area contributed by atoms with E-state index in [0.717, 1.165) is 35.0 Å². The summed E-state index contributed by atoms with van der Waals surface area (Å²) >= 11 is 0. The first-order valence-corrected chi connectivity index (χ1v) is 8.44. The molecule has 2 amide bonds. The van der Waals surface area contributed by atoms with Crippen molar-refractivity contribution in [1.82, 2.24) is 15.6 Å². The number of carbonyl (C=O) groups excluding carboxylic acids is 1. The first-order valence-electron chi connectivity index (χ1n) is 8.44. The highest BCUT2D eigenvalue weighted by Crippen LogP contribution is 2.23. The fraction of sp³-hybridized carbons (Fsp3) is 0.500. The lowest BCUT2D eigenvalue weighted by molar-refractivity contribution is 0.233. The van der Waals surface area contributed by atoms with E-state index in [1.54, 1.807) is 12.1 Å². The maximum Gasteiger partial charge on any atom is 0.315 e. The van der Waals surface area contributed by atoms with Crippen molar-refractivity contribution in [3.8, 4) is 0 Å². The number of aromatic amines is 1. The van der Waals surface area contributed by atoms with Gasteiger partial charge in [0.25, 0.3) is 0 Å². The van der Waals surface area contributed by atoms with Gasteiger partial charge >= 0.3 is 6.03 Å². The van der Waals surface area contributed by atoms with E-state index < -0.39 is 0 Å². The Hall–Kier alpha value is -2.04. The molecule has 0 bridgehead atoms. The van der Waals surface area contributed by atoms with Crippen LogP contribution in [0.2, 0.25) is 0 Å². The molecule has 1 aromatic heterocycles. The minimum Gasteiger partial charge on any atom is -0.358 e. The topological polar surface area (TPSA) is 56.9 Å². The first-order chi connectivity index (χ1) is 11.1. The number of nitrogens with one attached hydrogen (secondary N) is 3. The van der Waals surface area contributed by atoms with Gasteiger partial charge in [0.2, 0.25) is 0 Å². The van der Waals surface area contributed by atoms with Crippen LogP contribution in [0.25, 0.3) is 10.9 Å². The van der Waals surface area contributed by atoms with Gasteiger partial charge in [-0.2, -0.15) is 0 Å². The molecule has 1 heterocycles. The second kappa shape index (κ2) is 7.02. The molecule has 0 aliphatic heterocycles. The van der Waals surface area contributed by atoms with Gasteiger partial charge in [-0.1, -0.05) is 19.3 Å². The number of H-pyrrole nitrogens is 1. The van der Waals surface area contributed by atoms with E-state index in [9.17, 15) is 9.18 Å². The summed E-state index contributed by atoms with van der Waals surface area (Å²) in [7, 11) is 0. The Morgan fingerprint density at radius 1 is 1.30 bits per heavy atom. The quantitative estimate of drug-likeness (QED) is 0.789. The highest BCUT2D eigenvalue weighted by Gasteiger charge is 2.15. The predicted molar refractivity (Wildman–Crippen MR) is 90.1 cm³/mol. The minimum absolute atomic E-state index is 0.0967. The Kier molecular flexibility index (Phi) is 4.84. The summed E-state index contributed by atoms with van der Waals surface area (Å²) in [4.78, 5) is 15.2. The van der Waals surface area contributed by atoms with Crippen molar-refractivity contribution < 1.29 is 9.18 Å². The van der Waals surface area contributed by atoms with Gasteiger partial charge in [-0.05, 0) is 49.9 Å². The van der Waals surface area contributed by atoms with Crippen LogP contribution in [0.5, 0.6) is 0 Å². The van der Waals surface area contributed by atoms with E-state index in [0.29, 0.717) is 19.0 Å². The van der Waals surface area contributed by atoms with E-state index in [1.807, 2.05) is 6.92 Å². The number of aromatic nitrogens is 1. The van der Waals surface area contributed by atoms with Crippen molar-refractivity contribution in [2.75, 3.05) is 6.54 Å². The van der Waals surface area contributed by atoms with E-state index in [4.69, 9.17) is 0 Å². The Morgan fingerprint density at radius 3 is 2.87 bits per heavy atom. The zero-order valence-electron chi connectivity index (χ0n) is 13.5. The molecule has 0 atom stereocenters. The Bertz CT molecular complexity index is 689. The normalized spacial score (nSPS) is 15.7. The van der Waals surface area contributed by atoms with Crippen LogP contribution in [-0.2, 0) is 6.42 Å². The molecule has 0 radical (unpaired) electrons. The fourth-order valence-corrected chi connectivity index (χ4v) is 3.46. The summed E-state index contributed by atoms with van der Waals surface area (Å²) in [6.45, 7) is 2.53. The molecule has 5 heteroatoms. The first kappa shape index (κ1) is 15.8. The molecule has 124 valence electrons. The standard InChI is InChI=1S/C18H24FN3O/c1-12-15(16-11-13(19)7-8-17(16)21-12)9-10-20-18(23)22-14-5-3-2-4-6-14/h7-8,11,14,21H,2-6,9-10H2,1H3,(H2,20,22,23). The maximum absolute atomic E-state index is 13.4. The van der Waals surface area contributed by atoms with Gasteiger partial charge in [-0.25, -0.2) is 9.18 Å². The summed E-state index contributed by atoms with van der Waals surface area (Å²) < 4.78 is 13.4. The molecule has 1 aromatic carbocycles. The second-order valence-corrected chi connectivity index (χ2v) is 6.40. The number of carbonyl (C=O) groups is 1. The van der Waals surface area contributed by atoms with Crippen LogP contribution in [0.4, 0.5) is 9.18 Å². The van der Waals surface area contributed by atoms with Gasteiger partial charge in [-0.15, -0.1) is 0 Å². The smallest absolute Gasteiger partial charge is 0.315 e. The van der Waals surface area contributed by atoms with Crippen LogP contribution < -0.4 is 10.6 Å². The zero-order chi connectivity index (χ0) is 16.2. The van der Waals surface area contributed by atoms with E-state index in [1.165, 1.54) is 25.3 Å². The van der Waals surface area contributed by atoms with Crippen molar-refractivity contribution in [2.45, 2.75) is 51.5 Å². The minimum atomic E-state index is -0.235. The molecule has 0 unspecified atom stereocenters.